The second-order valence-electron chi connectivity index (χ2n) is 5.30. The van der Waals surface area contributed by atoms with Gasteiger partial charge in [-0.25, -0.2) is 0 Å². The summed E-state index contributed by atoms with van der Waals surface area (Å²) in [5.74, 6) is 0.458. The van der Waals surface area contributed by atoms with Crippen LogP contribution in [0, 0.1) is 0 Å². The molecular formula is C16H12ClN3OS2. The molecule has 1 N–H and O–H groups in total. The third-order valence-corrected chi connectivity index (χ3v) is 5.80. The van der Waals surface area contributed by atoms with Gasteiger partial charge in [-0.2, -0.15) is 9.36 Å². The van der Waals surface area contributed by atoms with Gasteiger partial charge in [-0.1, -0.05) is 23.7 Å². The van der Waals surface area contributed by atoms with E-state index in [9.17, 15) is 4.79 Å². The van der Waals surface area contributed by atoms with E-state index < -0.39 is 0 Å². The molecule has 0 saturated carbocycles. The molecule has 4 nitrogen and oxygen atoms in total. The number of nitrogens with one attached hydrogen (secondary N) is 1. The van der Waals surface area contributed by atoms with Crippen LogP contribution in [0.4, 0.5) is 5.13 Å². The Bertz CT molecular complexity index is 866. The van der Waals surface area contributed by atoms with Crippen molar-refractivity contribution >= 4 is 45.5 Å². The highest BCUT2D eigenvalue weighted by Gasteiger charge is 2.19. The van der Waals surface area contributed by atoms with Crippen molar-refractivity contribution in [2.75, 3.05) is 5.32 Å². The Morgan fingerprint density at radius 1 is 1.26 bits per heavy atom. The van der Waals surface area contributed by atoms with Crippen molar-refractivity contribution in [3.05, 3.63) is 50.7 Å². The Hall–Kier alpha value is -1.76. The van der Waals surface area contributed by atoms with Gasteiger partial charge in [0.1, 0.15) is 0 Å². The van der Waals surface area contributed by atoms with Crippen LogP contribution in [0.2, 0.25) is 5.02 Å². The average Bonchev–Trinajstić information content (AvgIpc) is 3.22. The normalized spacial score (nSPS) is 13.1. The first-order valence-corrected chi connectivity index (χ1v) is 9.18. The molecule has 0 aliphatic heterocycles. The molecule has 4 rings (SSSR count). The summed E-state index contributed by atoms with van der Waals surface area (Å²) in [6.07, 6.45) is 3.37. The quantitative estimate of drug-likeness (QED) is 0.738. The lowest BCUT2D eigenvalue weighted by Gasteiger charge is -1.98. The van der Waals surface area contributed by atoms with Crippen LogP contribution in [0.5, 0.6) is 0 Å². The molecule has 3 aromatic rings. The van der Waals surface area contributed by atoms with Crippen molar-refractivity contribution in [1.82, 2.24) is 9.36 Å². The second-order valence-corrected chi connectivity index (χ2v) is 7.63. The Labute approximate surface area is 146 Å². The largest absolute Gasteiger partial charge is 0.296 e. The summed E-state index contributed by atoms with van der Waals surface area (Å²) in [5, 5.41) is 3.97. The van der Waals surface area contributed by atoms with Gasteiger partial charge in [0.2, 0.25) is 5.13 Å². The number of halogens is 1. The minimum atomic E-state index is -0.113. The van der Waals surface area contributed by atoms with Crippen molar-refractivity contribution in [2.45, 2.75) is 19.3 Å². The molecule has 0 unspecified atom stereocenters. The highest BCUT2D eigenvalue weighted by molar-refractivity contribution is 7.14. The Kier molecular flexibility index (Phi) is 3.88. The number of thiophene rings is 1. The zero-order valence-electron chi connectivity index (χ0n) is 12.0. The third-order valence-electron chi connectivity index (χ3n) is 3.70. The van der Waals surface area contributed by atoms with E-state index in [4.69, 9.17) is 11.6 Å². The van der Waals surface area contributed by atoms with Crippen molar-refractivity contribution in [3.63, 3.8) is 0 Å². The average molecular weight is 362 g/mol. The van der Waals surface area contributed by atoms with Crippen molar-refractivity contribution in [2.24, 2.45) is 0 Å². The van der Waals surface area contributed by atoms with E-state index in [1.54, 1.807) is 23.5 Å². The van der Waals surface area contributed by atoms with Crippen LogP contribution in [0.25, 0.3) is 11.4 Å². The fourth-order valence-corrected chi connectivity index (χ4v) is 4.54. The predicted octanol–water partition coefficient (Wildman–Crippen LogP) is 4.66. The number of carbonyl (C=O) groups excluding carboxylic acids is 1. The van der Waals surface area contributed by atoms with Gasteiger partial charge in [0.05, 0.1) is 4.88 Å². The van der Waals surface area contributed by atoms with Gasteiger partial charge in [-0.05, 0) is 43.0 Å². The molecule has 1 amide bonds. The number of amides is 1. The van der Waals surface area contributed by atoms with Crippen LogP contribution in [-0.2, 0) is 12.8 Å². The molecule has 0 atom stereocenters. The topological polar surface area (TPSA) is 54.9 Å². The van der Waals surface area contributed by atoms with Crippen LogP contribution in [-0.4, -0.2) is 15.3 Å². The van der Waals surface area contributed by atoms with Crippen molar-refractivity contribution < 1.29 is 4.79 Å². The molecule has 116 valence electrons. The second kappa shape index (κ2) is 6.03. The van der Waals surface area contributed by atoms with Crippen LogP contribution < -0.4 is 5.32 Å². The third kappa shape index (κ3) is 3.02. The van der Waals surface area contributed by atoms with E-state index in [-0.39, 0.29) is 5.91 Å². The first-order valence-electron chi connectivity index (χ1n) is 7.21. The molecule has 23 heavy (non-hydrogen) atoms. The van der Waals surface area contributed by atoms with Crippen molar-refractivity contribution in [3.8, 4) is 11.4 Å². The molecule has 0 fully saturated rings. The van der Waals surface area contributed by atoms with Crippen LogP contribution >= 0.6 is 34.5 Å². The van der Waals surface area contributed by atoms with E-state index in [2.05, 4.69) is 14.7 Å². The molecule has 2 aromatic heterocycles. The van der Waals surface area contributed by atoms with Gasteiger partial charge < -0.3 is 0 Å². The molecule has 1 aliphatic carbocycles. The lowest BCUT2D eigenvalue weighted by Crippen LogP contribution is -2.09. The summed E-state index contributed by atoms with van der Waals surface area (Å²) >= 11 is 8.74. The van der Waals surface area contributed by atoms with E-state index in [0.717, 1.165) is 23.3 Å². The molecule has 2 heterocycles. The lowest BCUT2D eigenvalue weighted by molar-refractivity contribution is 0.103. The monoisotopic (exact) mass is 361 g/mol. The molecule has 0 saturated heterocycles. The molecule has 0 bridgehead atoms. The summed E-state index contributed by atoms with van der Waals surface area (Å²) in [4.78, 5) is 18.8. The van der Waals surface area contributed by atoms with Crippen molar-refractivity contribution in [1.29, 1.82) is 0 Å². The Balaban J connectivity index is 1.52. The number of fused-ring (bicyclic) bond motifs is 1. The number of aryl methyl sites for hydroxylation is 2. The highest BCUT2D eigenvalue weighted by Crippen LogP contribution is 2.31. The fourth-order valence-electron chi connectivity index (χ4n) is 2.62. The summed E-state index contributed by atoms with van der Waals surface area (Å²) in [6, 6.07) is 9.35. The Morgan fingerprint density at radius 2 is 2.17 bits per heavy atom. The zero-order valence-corrected chi connectivity index (χ0v) is 14.4. The molecule has 7 heteroatoms. The van der Waals surface area contributed by atoms with Crippen LogP contribution in [0.3, 0.4) is 0 Å². The lowest BCUT2D eigenvalue weighted by atomic mass is 10.2. The number of anilines is 1. The maximum absolute atomic E-state index is 12.3. The van der Waals surface area contributed by atoms with Gasteiger partial charge in [-0.3, -0.25) is 10.1 Å². The zero-order chi connectivity index (χ0) is 15.8. The predicted molar refractivity (Wildman–Crippen MR) is 94.7 cm³/mol. The number of carbonyl (C=O) groups is 1. The number of nitrogens with zero attached hydrogens (tertiary/aromatic N) is 2. The minimum absolute atomic E-state index is 0.113. The smallest absolute Gasteiger partial charge is 0.267 e. The van der Waals surface area contributed by atoms with Gasteiger partial charge in [0.15, 0.2) is 5.82 Å². The SMILES string of the molecule is O=C(Nc1nc(-c2cccc(Cl)c2)ns1)c1cc2c(s1)CCC2. The molecule has 0 radical (unpaired) electrons. The molecule has 0 spiro atoms. The highest BCUT2D eigenvalue weighted by atomic mass is 35.5. The van der Waals surface area contributed by atoms with Gasteiger partial charge >= 0.3 is 0 Å². The van der Waals surface area contributed by atoms with E-state index in [1.165, 1.54) is 28.4 Å². The number of benzene rings is 1. The summed E-state index contributed by atoms with van der Waals surface area (Å²) in [5.41, 5.74) is 2.15. The first-order chi connectivity index (χ1) is 11.2. The summed E-state index contributed by atoms with van der Waals surface area (Å²) in [7, 11) is 0. The van der Waals surface area contributed by atoms with E-state index >= 15 is 0 Å². The summed E-state index contributed by atoms with van der Waals surface area (Å²) in [6.45, 7) is 0. The molecular weight excluding hydrogens is 350 g/mol. The number of hydrogen-bond acceptors (Lipinski definition) is 5. The maximum atomic E-state index is 12.3. The fraction of sp³-hybridized carbons (Fsp3) is 0.188. The standard InChI is InChI=1S/C16H12ClN3OS2/c17-11-5-1-4-10(7-11)14-18-16(23-20-14)19-15(21)13-8-9-3-2-6-12(9)22-13/h1,4-5,7-8H,2-3,6H2,(H,18,19,20,21). The minimum Gasteiger partial charge on any atom is -0.296 e. The number of hydrogen-bond donors (Lipinski definition) is 1. The van der Waals surface area contributed by atoms with Crippen LogP contribution in [0.15, 0.2) is 30.3 Å². The Morgan fingerprint density at radius 3 is 3.00 bits per heavy atom. The van der Waals surface area contributed by atoms with E-state index in [1.807, 2.05) is 18.2 Å². The molecule has 1 aliphatic rings. The summed E-state index contributed by atoms with van der Waals surface area (Å²) < 4.78 is 4.28. The van der Waals surface area contributed by atoms with Gasteiger partial charge in [-0.15, -0.1) is 11.3 Å². The van der Waals surface area contributed by atoms with Gasteiger partial charge in [0, 0.05) is 27.0 Å². The number of aromatic nitrogens is 2. The van der Waals surface area contributed by atoms with E-state index in [0.29, 0.717) is 16.0 Å². The van der Waals surface area contributed by atoms with Crippen LogP contribution in [0.1, 0.15) is 26.5 Å². The number of rotatable bonds is 3. The molecule has 1 aromatic carbocycles. The maximum Gasteiger partial charge on any atom is 0.267 e. The first kappa shape index (κ1) is 14.8. The van der Waals surface area contributed by atoms with Gasteiger partial charge in [0.25, 0.3) is 5.91 Å².